The number of amides is 1. The van der Waals surface area contributed by atoms with E-state index in [1.807, 2.05) is 34.6 Å². The summed E-state index contributed by atoms with van der Waals surface area (Å²) in [6.45, 7) is 9.50. The first kappa shape index (κ1) is 18.3. The Bertz CT molecular complexity index is 769. The molecule has 2 aromatic heterocycles. The monoisotopic (exact) mass is 351 g/mol. The number of Topliss-reactive ketones (excluding diaryl/α,β-unsaturated/α-hetero) is 1. The number of aromatic nitrogens is 2. The van der Waals surface area contributed by atoms with Gasteiger partial charge in [-0.1, -0.05) is 32.4 Å². The quantitative estimate of drug-likeness (QED) is 0.897. The van der Waals surface area contributed by atoms with Crippen molar-refractivity contribution >= 4 is 23.3 Å². The first-order valence-electron chi connectivity index (χ1n) is 7.69. The van der Waals surface area contributed by atoms with Crippen LogP contribution in [0.4, 0.5) is 0 Å². The molecule has 0 fully saturated rings. The second-order valence-corrected chi connectivity index (χ2v) is 7.14. The molecule has 0 aliphatic rings. The highest BCUT2D eigenvalue weighted by atomic mass is 35.5. The van der Waals surface area contributed by atoms with E-state index in [2.05, 4.69) is 10.4 Å². The van der Waals surface area contributed by atoms with Crippen LogP contribution >= 0.6 is 11.6 Å². The minimum Gasteiger partial charge on any atom is -0.454 e. The Morgan fingerprint density at radius 3 is 2.50 bits per heavy atom. The molecule has 7 heteroatoms. The predicted octanol–water partition coefficient (Wildman–Crippen LogP) is 3.14. The van der Waals surface area contributed by atoms with Crippen LogP contribution in [0.15, 0.2) is 16.5 Å². The summed E-state index contributed by atoms with van der Waals surface area (Å²) in [5, 5.41) is 7.53. The maximum Gasteiger partial charge on any atom is 0.287 e. The predicted molar refractivity (Wildman–Crippen MR) is 91.3 cm³/mol. The van der Waals surface area contributed by atoms with Gasteiger partial charge >= 0.3 is 0 Å². The largest absolute Gasteiger partial charge is 0.454 e. The van der Waals surface area contributed by atoms with Gasteiger partial charge in [0.05, 0.1) is 29.5 Å². The molecule has 0 unspecified atom stereocenters. The topological polar surface area (TPSA) is 77.1 Å². The lowest BCUT2D eigenvalue weighted by Crippen LogP contribution is -2.35. The van der Waals surface area contributed by atoms with Gasteiger partial charge in [0.15, 0.2) is 11.5 Å². The number of nitrogens with one attached hydrogen (secondary N) is 1. The van der Waals surface area contributed by atoms with Gasteiger partial charge < -0.3 is 9.73 Å². The molecular weight excluding hydrogens is 330 g/mol. The van der Waals surface area contributed by atoms with Gasteiger partial charge in [-0.3, -0.25) is 14.3 Å². The van der Waals surface area contributed by atoms with E-state index in [4.69, 9.17) is 16.0 Å². The van der Waals surface area contributed by atoms with E-state index in [1.165, 1.54) is 0 Å². The van der Waals surface area contributed by atoms with Crippen molar-refractivity contribution < 1.29 is 14.0 Å². The number of hydrogen-bond donors (Lipinski definition) is 1. The van der Waals surface area contributed by atoms with Gasteiger partial charge in [0.25, 0.3) is 5.91 Å². The average molecular weight is 352 g/mol. The molecule has 0 aliphatic heterocycles. The van der Waals surface area contributed by atoms with Crippen LogP contribution in [0.3, 0.4) is 0 Å². The Hall–Kier alpha value is -2.08. The Morgan fingerprint density at radius 2 is 1.96 bits per heavy atom. The van der Waals surface area contributed by atoms with Gasteiger partial charge in [-0.15, -0.1) is 0 Å². The van der Waals surface area contributed by atoms with Gasteiger partial charge in [0.2, 0.25) is 0 Å². The van der Waals surface area contributed by atoms with E-state index < -0.39 is 11.3 Å². The number of halogens is 1. The zero-order chi connectivity index (χ0) is 18.1. The molecule has 1 amide bonds. The Kier molecular flexibility index (Phi) is 5.18. The van der Waals surface area contributed by atoms with Gasteiger partial charge in [0.1, 0.15) is 5.76 Å². The standard InChI is InChI=1S/C17H22ClN3O3/c1-10-15(18)11(2)21(20-10)9-12-6-7-13(24-12)16(23)19-8-14(22)17(3,4)5/h6-7H,8-9H2,1-5H3,(H,19,23). The molecule has 24 heavy (non-hydrogen) atoms. The molecule has 2 rings (SSSR count). The number of ketones is 1. The second-order valence-electron chi connectivity index (χ2n) is 6.76. The number of carbonyl (C=O) groups is 2. The van der Waals surface area contributed by atoms with E-state index in [-0.39, 0.29) is 18.1 Å². The zero-order valence-electron chi connectivity index (χ0n) is 14.6. The lowest BCUT2D eigenvalue weighted by Gasteiger charge is -2.16. The van der Waals surface area contributed by atoms with Crippen molar-refractivity contribution in [2.24, 2.45) is 5.41 Å². The van der Waals surface area contributed by atoms with Gasteiger partial charge in [-0.2, -0.15) is 5.10 Å². The number of carbonyl (C=O) groups excluding carboxylic acids is 2. The molecule has 0 spiro atoms. The third kappa shape index (κ3) is 4.06. The molecule has 130 valence electrons. The molecule has 0 saturated heterocycles. The van der Waals surface area contributed by atoms with Crippen LogP contribution < -0.4 is 5.32 Å². The first-order valence-corrected chi connectivity index (χ1v) is 8.07. The highest BCUT2D eigenvalue weighted by Gasteiger charge is 2.22. The highest BCUT2D eigenvalue weighted by Crippen LogP contribution is 2.20. The smallest absolute Gasteiger partial charge is 0.287 e. The van der Waals surface area contributed by atoms with Crippen LogP contribution in [-0.4, -0.2) is 28.0 Å². The lowest BCUT2D eigenvalue weighted by molar-refractivity contribution is -0.125. The molecule has 0 saturated carbocycles. The average Bonchev–Trinajstić information content (AvgIpc) is 3.05. The van der Waals surface area contributed by atoms with Crippen molar-refractivity contribution in [3.8, 4) is 0 Å². The van der Waals surface area contributed by atoms with Crippen LogP contribution in [-0.2, 0) is 11.3 Å². The van der Waals surface area contributed by atoms with E-state index in [1.54, 1.807) is 16.8 Å². The summed E-state index contributed by atoms with van der Waals surface area (Å²) in [5.74, 6) is 0.300. The number of rotatable bonds is 5. The van der Waals surface area contributed by atoms with Crippen LogP contribution in [0.1, 0.15) is 48.5 Å². The molecule has 2 aromatic rings. The molecule has 0 bridgehead atoms. The fourth-order valence-electron chi connectivity index (χ4n) is 2.07. The molecule has 2 heterocycles. The third-order valence-electron chi connectivity index (χ3n) is 3.73. The minimum atomic E-state index is -0.490. The molecule has 0 atom stereocenters. The minimum absolute atomic E-state index is 0.0224. The zero-order valence-corrected chi connectivity index (χ0v) is 15.3. The molecule has 0 aromatic carbocycles. The van der Waals surface area contributed by atoms with Gasteiger partial charge in [0, 0.05) is 5.41 Å². The summed E-state index contributed by atoms with van der Waals surface area (Å²) in [6.07, 6.45) is 0. The van der Waals surface area contributed by atoms with Crippen LogP contribution in [0.5, 0.6) is 0 Å². The Labute approximate surface area is 146 Å². The van der Waals surface area contributed by atoms with Crippen molar-refractivity contribution in [2.45, 2.75) is 41.2 Å². The van der Waals surface area contributed by atoms with Crippen LogP contribution in [0.2, 0.25) is 5.02 Å². The van der Waals surface area contributed by atoms with Crippen molar-refractivity contribution in [3.63, 3.8) is 0 Å². The number of aryl methyl sites for hydroxylation is 1. The Morgan fingerprint density at radius 1 is 1.29 bits per heavy atom. The summed E-state index contributed by atoms with van der Waals surface area (Å²) in [6, 6.07) is 3.30. The lowest BCUT2D eigenvalue weighted by atomic mass is 9.91. The van der Waals surface area contributed by atoms with Crippen LogP contribution in [0.25, 0.3) is 0 Å². The fourth-order valence-corrected chi connectivity index (χ4v) is 2.21. The summed E-state index contributed by atoms with van der Waals surface area (Å²) in [7, 11) is 0. The summed E-state index contributed by atoms with van der Waals surface area (Å²) in [5.41, 5.74) is 1.10. The van der Waals surface area contributed by atoms with Crippen LogP contribution in [0, 0.1) is 19.3 Å². The molecule has 0 aliphatic carbocycles. The summed E-state index contributed by atoms with van der Waals surface area (Å²) in [4.78, 5) is 23.9. The number of furan rings is 1. The first-order chi connectivity index (χ1) is 11.1. The Balaban J connectivity index is 2.01. The van der Waals surface area contributed by atoms with Crippen molar-refractivity contribution in [3.05, 3.63) is 40.1 Å². The number of hydrogen-bond acceptors (Lipinski definition) is 4. The fraction of sp³-hybridized carbons (Fsp3) is 0.471. The second kappa shape index (κ2) is 6.81. The molecule has 1 N–H and O–H groups in total. The van der Waals surface area contributed by atoms with Crippen molar-refractivity contribution in [1.82, 2.24) is 15.1 Å². The molecule has 0 radical (unpaired) electrons. The van der Waals surface area contributed by atoms with Gasteiger partial charge in [-0.25, -0.2) is 0 Å². The van der Waals surface area contributed by atoms with Gasteiger partial charge in [-0.05, 0) is 26.0 Å². The maximum absolute atomic E-state index is 12.1. The van der Waals surface area contributed by atoms with Crippen molar-refractivity contribution in [1.29, 1.82) is 0 Å². The van der Waals surface area contributed by atoms with E-state index in [0.29, 0.717) is 17.3 Å². The maximum atomic E-state index is 12.1. The van der Waals surface area contributed by atoms with E-state index in [9.17, 15) is 9.59 Å². The SMILES string of the molecule is Cc1nn(Cc2ccc(C(=O)NCC(=O)C(C)(C)C)o2)c(C)c1Cl. The molecular formula is C17H22ClN3O3. The van der Waals surface area contributed by atoms with E-state index in [0.717, 1.165) is 11.4 Å². The highest BCUT2D eigenvalue weighted by molar-refractivity contribution is 6.31. The summed E-state index contributed by atoms with van der Waals surface area (Å²) >= 11 is 6.12. The van der Waals surface area contributed by atoms with E-state index >= 15 is 0 Å². The molecule has 6 nitrogen and oxygen atoms in total. The number of nitrogens with zero attached hydrogens (tertiary/aromatic N) is 2. The summed E-state index contributed by atoms with van der Waals surface area (Å²) < 4.78 is 7.27. The third-order valence-corrected chi connectivity index (χ3v) is 4.28. The normalized spacial score (nSPS) is 11.6. The van der Waals surface area contributed by atoms with Crippen molar-refractivity contribution in [2.75, 3.05) is 6.54 Å².